The van der Waals surface area contributed by atoms with E-state index in [4.69, 9.17) is 4.74 Å². The number of rotatable bonds is 1. The van der Waals surface area contributed by atoms with Gasteiger partial charge in [0.05, 0.1) is 0 Å². The van der Waals surface area contributed by atoms with Gasteiger partial charge in [0.25, 0.3) is 0 Å². The van der Waals surface area contributed by atoms with Gasteiger partial charge in [0.1, 0.15) is 0 Å². The second kappa shape index (κ2) is 3.23. The maximum atomic E-state index is 12.7. The van der Waals surface area contributed by atoms with Crippen LogP contribution in [0, 0.1) is 5.82 Å². The Morgan fingerprint density at radius 1 is 1.50 bits per heavy atom. The molecule has 0 aromatic heterocycles. The van der Waals surface area contributed by atoms with E-state index in [-0.39, 0.29) is 5.82 Å². The molecular weight excluding hydrogens is 238 g/mol. The Morgan fingerprint density at radius 3 is 2.70 bits per heavy atom. The number of halogens is 1. The number of ether oxygens (including phenoxy) is 1. The summed E-state index contributed by atoms with van der Waals surface area (Å²) in [4.78, 5) is 0. The molecule has 0 atom stereocenters. The summed E-state index contributed by atoms with van der Waals surface area (Å²) in [7, 11) is 1.46. The third kappa shape index (κ3) is 1.62. The Bertz CT molecular complexity index is 237. The van der Waals surface area contributed by atoms with Crippen molar-refractivity contribution in [1.29, 1.82) is 0 Å². The van der Waals surface area contributed by atoms with Crippen molar-refractivity contribution in [3.8, 4) is 5.75 Å². The van der Waals surface area contributed by atoms with Gasteiger partial charge in [-0.05, 0) is 0 Å². The van der Waals surface area contributed by atoms with Crippen LogP contribution >= 0.6 is 0 Å². The molecule has 0 bridgehead atoms. The van der Waals surface area contributed by atoms with Gasteiger partial charge in [0.2, 0.25) is 0 Å². The summed E-state index contributed by atoms with van der Waals surface area (Å²) in [6.07, 6.45) is 0. The van der Waals surface area contributed by atoms with Crippen molar-refractivity contribution < 1.29 is 9.13 Å². The van der Waals surface area contributed by atoms with Crippen LogP contribution in [-0.2, 0) is 0 Å². The van der Waals surface area contributed by atoms with E-state index in [1.807, 2.05) is 6.07 Å². The molecule has 1 aromatic rings. The van der Waals surface area contributed by atoms with Gasteiger partial charge in [-0.3, -0.25) is 0 Å². The van der Waals surface area contributed by atoms with Gasteiger partial charge in [-0.25, -0.2) is 0 Å². The number of hydrogen-bond acceptors (Lipinski definition) is 1. The standard InChI is InChI=1S/C7H6FO.Sn/c1-9-7-5-3-2-4-6(7)8;/h3-5H,1H3;. The first kappa shape index (κ1) is 7.85. The molecule has 0 heterocycles. The number of methoxy groups -OCH3 is 1. The normalized spacial score (nSPS) is 9.50. The molecule has 0 aliphatic heterocycles. The van der Waals surface area contributed by atoms with Crippen molar-refractivity contribution >= 4 is 26.1 Å². The summed E-state index contributed by atoms with van der Waals surface area (Å²) in [6, 6.07) is 4.97. The van der Waals surface area contributed by atoms with Gasteiger partial charge in [0.15, 0.2) is 0 Å². The van der Waals surface area contributed by atoms with E-state index in [2.05, 4.69) is 0 Å². The summed E-state index contributed by atoms with van der Waals surface area (Å²) < 4.78 is 18.5. The molecule has 10 heavy (non-hydrogen) atoms. The van der Waals surface area contributed by atoms with E-state index in [1.165, 1.54) is 35.7 Å². The van der Waals surface area contributed by atoms with E-state index in [1.54, 1.807) is 6.07 Å². The van der Waals surface area contributed by atoms with E-state index < -0.39 is 0 Å². The first-order chi connectivity index (χ1) is 4.74. The molecule has 0 N–H and O–H groups in total. The third-order valence-electron chi connectivity index (χ3n) is 1.15. The van der Waals surface area contributed by atoms with E-state index >= 15 is 0 Å². The van der Waals surface area contributed by atoms with Crippen molar-refractivity contribution in [3.63, 3.8) is 0 Å². The average Bonchev–Trinajstić information content (AvgIpc) is 1.88. The molecular formula is C7H6FOSn. The summed E-state index contributed by atoms with van der Waals surface area (Å²) in [5, 5.41) is 0. The Morgan fingerprint density at radius 2 is 2.20 bits per heavy atom. The quantitative estimate of drug-likeness (QED) is 0.658. The fourth-order valence-electron chi connectivity index (χ4n) is 0.666. The molecule has 0 unspecified atom stereocenters. The fraction of sp³-hybridized carbons (Fsp3) is 0.143. The second-order valence-electron chi connectivity index (χ2n) is 1.85. The molecule has 1 rings (SSSR count). The van der Waals surface area contributed by atoms with Gasteiger partial charge >= 0.3 is 72.1 Å². The van der Waals surface area contributed by atoms with Crippen LogP contribution in [-0.4, -0.2) is 29.6 Å². The first-order valence-electron chi connectivity index (χ1n) is 2.79. The second-order valence-corrected chi connectivity index (χ2v) is 3.50. The van der Waals surface area contributed by atoms with E-state index in [0.29, 0.717) is 5.75 Å². The molecule has 0 fully saturated rings. The van der Waals surface area contributed by atoms with Crippen molar-refractivity contribution in [2.75, 3.05) is 7.11 Å². The minimum atomic E-state index is -0.281. The SMILES string of the molecule is COc1cc[c]([Sn])cc1F. The zero-order valence-electron chi connectivity index (χ0n) is 5.52. The summed E-state index contributed by atoms with van der Waals surface area (Å²) in [5.41, 5.74) is 0. The fourth-order valence-corrected chi connectivity index (χ4v) is 1.27. The zero-order chi connectivity index (χ0) is 7.56. The molecule has 1 nitrogen and oxygen atoms in total. The Hall–Kier alpha value is -0.251. The maximum absolute atomic E-state index is 12.7. The Kier molecular flexibility index (Phi) is 2.54. The average molecular weight is 244 g/mol. The van der Waals surface area contributed by atoms with Crippen LogP contribution in [0.25, 0.3) is 0 Å². The molecule has 0 saturated heterocycles. The first-order valence-corrected chi connectivity index (χ1v) is 4.22. The van der Waals surface area contributed by atoms with Crippen LogP contribution in [0.5, 0.6) is 5.75 Å². The van der Waals surface area contributed by atoms with Gasteiger partial charge in [0, 0.05) is 0 Å². The van der Waals surface area contributed by atoms with Gasteiger partial charge in [-0.1, -0.05) is 0 Å². The van der Waals surface area contributed by atoms with Crippen LogP contribution in [0.4, 0.5) is 4.39 Å². The summed E-state index contributed by atoms with van der Waals surface area (Å²) in [5.74, 6) is 0.0305. The summed E-state index contributed by atoms with van der Waals surface area (Å²) >= 11 is 1.21. The predicted molar refractivity (Wildman–Crippen MR) is 38.3 cm³/mol. The van der Waals surface area contributed by atoms with Crippen LogP contribution in [0.3, 0.4) is 0 Å². The molecule has 0 aliphatic rings. The number of hydrogen-bond donors (Lipinski definition) is 0. The van der Waals surface area contributed by atoms with E-state index in [9.17, 15) is 4.39 Å². The molecule has 0 spiro atoms. The minimum absolute atomic E-state index is 0.281. The monoisotopic (exact) mass is 245 g/mol. The molecule has 0 saturated carbocycles. The van der Waals surface area contributed by atoms with Crippen LogP contribution < -0.4 is 8.32 Å². The van der Waals surface area contributed by atoms with Crippen LogP contribution in [0.2, 0.25) is 0 Å². The Labute approximate surface area is 72.3 Å². The van der Waals surface area contributed by atoms with Crippen molar-refractivity contribution in [2.24, 2.45) is 0 Å². The molecule has 0 amide bonds. The molecule has 0 aliphatic carbocycles. The number of benzene rings is 1. The summed E-state index contributed by atoms with van der Waals surface area (Å²) in [6.45, 7) is 0. The Balaban J connectivity index is 3.07. The van der Waals surface area contributed by atoms with Crippen LogP contribution in [0.15, 0.2) is 18.2 Å². The van der Waals surface area contributed by atoms with E-state index in [0.717, 1.165) is 3.58 Å². The van der Waals surface area contributed by atoms with Crippen molar-refractivity contribution in [3.05, 3.63) is 24.0 Å². The molecule has 3 heteroatoms. The van der Waals surface area contributed by atoms with Gasteiger partial charge in [-0.15, -0.1) is 0 Å². The third-order valence-corrected chi connectivity index (χ3v) is 2.04. The van der Waals surface area contributed by atoms with Gasteiger partial charge in [-0.2, -0.15) is 0 Å². The molecule has 1 aromatic carbocycles. The van der Waals surface area contributed by atoms with Crippen LogP contribution in [0.1, 0.15) is 0 Å². The van der Waals surface area contributed by atoms with Gasteiger partial charge < -0.3 is 0 Å². The topological polar surface area (TPSA) is 9.23 Å². The van der Waals surface area contributed by atoms with Crippen molar-refractivity contribution in [2.45, 2.75) is 0 Å². The molecule has 51 valence electrons. The van der Waals surface area contributed by atoms with Crippen molar-refractivity contribution in [1.82, 2.24) is 0 Å². The molecule has 3 radical (unpaired) electrons. The zero-order valence-corrected chi connectivity index (χ0v) is 8.37. The predicted octanol–water partition coefficient (Wildman–Crippen LogP) is 0.628.